The lowest BCUT2D eigenvalue weighted by atomic mass is 9.80. The first-order valence-corrected chi connectivity index (χ1v) is 6.87. The van der Waals surface area contributed by atoms with Crippen molar-refractivity contribution in [2.24, 2.45) is 5.92 Å². The minimum absolute atomic E-state index is 0.227. The van der Waals surface area contributed by atoms with Crippen molar-refractivity contribution in [3.8, 4) is 0 Å². The van der Waals surface area contributed by atoms with Crippen LogP contribution < -0.4 is 5.32 Å². The number of hydrogen-bond donors (Lipinski definition) is 1. The lowest BCUT2D eigenvalue weighted by molar-refractivity contribution is -0.188. The Morgan fingerprint density at radius 2 is 1.83 bits per heavy atom. The summed E-state index contributed by atoms with van der Waals surface area (Å²) in [6.07, 6.45) is 1.48. The number of halogens is 3. The van der Waals surface area contributed by atoms with Gasteiger partial charge in [-0.3, -0.25) is 0 Å². The summed E-state index contributed by atoms with van der Waals surface area (Å²) in [6, 6.07) is 0.917. The maximum atomic E-state index is 12.1. The fourth-order valence-corrected chi connectivity index (χ4v) is 3.03. The Labute approximate surface area is 106 Å². The third kappa shape index (κ3) is 4.43. The highest BCUT2D eigenvalue weighted by Gasteiger charge is 2.33. The highest BCUT2D eigenvalue weighted by atomic mass is 19.4. The average Bonchev–Trinajstić information content (AvgIpc) is 2.24. The second-order valence-corrected chi connectivity index (χ2v) is 5.85. The van der Waals surface area contributed by atoms with Crippen LogP contribution in [0.15, 0.2) is 0 Å². The van der Waals surface area contributed by atoms with Crippen molar-refractivity contribution < 1.29 is 17.9 Å². The van der Waals surface area contributed by atoms with Crippen LogP contribution in [0.2, 0.25) is 0 Å². The Hall–Kier alpha value is -0.290. The van der Waals surface area contributed by atoms with Crippen molar-refractivity contribution in [1.82, 2.24) is 5.32 Å². The monoisotopic (exact) mass is 265 g/mol. The van der Waals surface area contributed by atoms with Gasteiger partial charge in [0.25, 0.3) is 0 Å². The lowest BCUT2D eigenvalue weighted by Crippen LogP contribution is -2.48. The average molecular weight is 265 g/mol. The van der Waals surface area contributed by atoms with Crippen molar-refractivity contribution in [2.75, 3.05) is 6.61 Å². The maximum Gasteiger partial charge on any atom is 0.411 e. The zero-order valence-corrected chi connectivity index (χ0v) is 10.8. The topological polar surface area (TPSA) is 21.3 Å². The molecule has 0 amide bonds. The third-order valence-corrected chi connectivity index (χ3v) is 3.95. The quantitative estimate of drug-likeness (QED) is 0.842. The Morgan fingerprint density at radius 3 is 2.44 bits per heavy atom. The molecule has 0 radical (unpaired) electrons. The largest absolute Gasteiger partial charge is 0.411 e. The van der Waals surface area contributed by atoms with Crippen LogP contribution >= 0.6 is 0 Å². The van der Waals surface area contributed by atoms with Gasteiger partial charge < -0.3 is 10.1 Å². The van der Waals surface area contributed by atoms with Gasteiger partial charge in [0.1, 0.15) is 6.61 Å². The summed E-state index contributed by atoms with van der Waals surface area (Å²) in [4.78, 5) is 0. The zero-order chi connectivity index (χ0) is 13.2. The summed E-state index contributed by atoms with van der Waals surface area (Å²) in [7, 11) is 0. The second-order valence-electron chi connectivity index (χ2n) is 5.85. The van der Waals surface area contributed by atoms with E-state index in [1.54, 1.807) is 0 Å². The van der Waals surface area contributed by atoms with Gasteiger partial charge in [0, 0.05) is 12.1 Å². The fraction of sp³-hybridized carbons (Fsp3) is 1.00. The minimum atomic E-state index is -4.20. The second kappa shape index (κ2) is 5.78. The fourth-order valence-electron chi connectivity index (χ4n) is 3.03. The molecule has 0 spiro atoms. The van der Waals surface area contributed by atoms with Gasteiger partial charge in [-0.05, 0) is 44.4 Å². The van der Waals surface area contributed by atoms with Crippen LogP contribution in [0.3, 0.4) is 0 Å². The van der Waals surface area contributed by atoms with Gasteiger partial charge in [-0.15, -0.1) is 0 Å². The van der Waals surface area contributed by atoms with Gasteiger partial charge in [-0.25, -0.2) is 0 Å². The van der Waals surface area contributed by atoms with Gasteiger partial charge in [0.05, 0.1) is 6.10 Å². The zero-order valence-electron chi connectivity index (χ0n) is 10.8. The summed E-state index contributed by atoms with van der Waals surface area (Å²) in [5.74, 6) is 0.795. The molecule has 2 rings (SSSR count). The van der Waals surface area contributed by atoms with Gasteiger partial charge in [-0.1, -0.05) is 6.92 Å². The molecule has 2 unspecified atom stereocenters. The highest BCUT2D eigenvalue weighted by Crippen LogP contribution is 2.30. The number of rotatable bonds is 4. The molecule has 2 aliphatic carbocycles. The number of nitrogens with one attached hydrogen (secondary N) is 1. The van der Waals surface area contributed by atoms with Crippen molar-refractivity contribution in [2.45, 2.75) is 69.8 Å². The molecular formula is C13H22F3NO. The molecule has 2 fully saturated rings. The van der Waals surface area contributed by atoms with E-state index >= 15 is 0 Å². The molecule has 0 aromatic carbocycles. The smallest absolute Gasteiger partial charge is 0.369 e. The molecule has 106 valence electrons. The van der Waals surface area contributed by atoms with E-state index in [9.17, 15) is 13.2 Å². The van der Waals surface area contributed by atoms with Crippen LogP contribution in [-0.4, -0.2) is 31.0 Å². The Balaban J connectivity index is 1.68. The standard InChI is InChI=1S/C13H22F3NO/c1-9-5-11(6-9)17-10-3-2-4-12(7-10)18-8-13(14,15)16/h9-12,17H,2-8H2,1H3. The molecular weight excluding hydrogens is 243 g/mol. The first kappa shape index (κ1) is 14.1. The van der Waals surface area contributed by atoms with Crippen LogP contribution in [0.4, 0.5) is 13.2 Å². The summed E-state index contributed by atoms with van der Waals surface area (Å²) in [5, 5.41) is 3.55. The van der Waals surface area contributed by atoms with Gasteiger partial charge >= 0.3 is 6.18 Å². The molecule has 0 heterocycles. The van der Waals surface area contributed by atoms with Crippen LogP contribution in [0.25, 0.3) is 0 Å². The Morgan fingerprint density at radius 1 is 1.11 bits per heavy atom. The lowest BCUT2D eigenvalue weighted by Gasteiger charge is -2.39. The van der Waals surface area contributed by atoms with E-state index in [2.05, 4.69) is 12.2 Å². The molecule has 2 nitrogen and oxygen atoms in total. The molecule has 5 heteroatoms. The number of hydrogen-bond acceptors (Lipinski definition) is 2. The van der Waals surface area contributed by atoms with E-state index < -0.39 is 12.8 Å². The van der Waals surface area contributed by atoms with E-state index in [1.807, 2.05) is 0 Å². The van der Waals surface area contributed by atoms with E-state index in [4.69, 9.17) is 4.74 Å². The molecule has 2 saturated carbocycles. The highest BCUT2D eigenvalue weighted by molar-refractivity contribution is 4.88. The molecule has 0 aliphatic heterocycles. The molecule has 2 aliphatic rings. The van der Waals surface area contributed by atoms with Crippen molar-refractivity contribution in [1.29, 1.82) is 0 Å². The predicted molar refractivity (Wildman–Crippen MR) is 63.4 cm³/mol. The molecule has 0 aromatic heterocycles. The van der Waals surface area contributed by atoms with E-state index in [0.717, 1.165) is 31.6 Å². The Kier molecular flexibility index (Phi) is 4.54. The molecule has 18 heavy (non-hydrogen) atoms. The number of ether oxygens (including phenoxy) is 1. The van der Waals surface area contributed by atoms with Gasteiger partial charge in [-0.2, -0.15) is 13.2 Å². The number of alkyl halides is 3. The molecule has 1 N–H and O–H groups in total. The molecule has 0 bridgehead atoms. The Bertz CT molecular complexity index is 263. The SMILES string of the molecule is CC1CC(NC2CCCC(OCC(F)(F)F)C2)C1. The predicted octanol–water partition coefficient (Wildman–Crippen LogP) is 3.26. The molecule has 0 aromatic rings. The van der Waals surface area contributed by atoms with Crippen molar-refractivity contribution in [3.05, 3.63) is 0 Å². The van der Waals surface area contributed by atoms with Crippen molar-refractivity contribution >= 4 is 0 Å². The van der Waals surface area contributed by atoms with Crippen LogP contribution in [-0.2, 0) is 4.74 Å². The van der Waals surface area contributed by atoms with Gasteiger partial charge in [0.2, 0.25) is 0 Å². The third-order valence-electron chi connectivity index (χ3n) is 3.95. The normalized spacial score (nSPS) is 37.3. The summed E-state index contributed by atoms with van der Waals surface area (Å²) in [5.41, 5.74) is 0. The van der Waals surface area contributed by atoms with E-state index in [0.29, 0.717) is 12.1 Å². The summed E-state index contributed by atoms with van der Waals surface area (Å²) in [6.45, 7) is 1.12. The molecule has 0 saturated heterocycles. The first-order chi connectivity index (χ1) is 8.42. The maximum absolute atomic E-state index is 12.1. The summed E-state index contributed by atoms with van der Waals surface area (Å²) < 4.78 is 41.2. The summed E-state index contributed by atoms with van der Waals surface area (Å²) >= 11 is 0. The van der Waals surface area contributed by atoms with Crippen LogP contribution in [0.5, 0.6) is 0 Å². The van der Waals surface area contributed by atoms with Crippen LogP contribution in [0.1, 0.15) is 45.4 Å². The van der Waals surface area contributed by atoms with E-state index in [-0.39, 0.29) is 6.10 Å². The van der Waals surface area contributed by atoms with E-state index in [1.165, 1.54) is 12.8 Å². The first-order valence-electron chi connectivity index (χ1n) is 6.87. The minimum Gasteiger partial charge on any atom is -0.369 e. The molecule has 2 atom stereocenters. The van der Waals surface area contributed by atoms with Crippen molar-refractivity contribution in [3.63, 3.8) is 0 Å². The van der Waals surface area contributed by atoms with Gasteiger partial charge in [0.15, 0.2) is 0 Å². The van der Waals surface area contributed by atoms with Crippen LogP contribution in [0, 0.1) is 5.92 Å².